The molecule has 1 rings (SSSR count). The van der Waals surface area contributed by atoms with E-state index in [2.05, 4.69) is 10.3 Å². The number of hydrogen-bond donors (Lipinski definition) is 2. The third-order valence-corrected chi connectivity index (χ3v) is 1.04. The molecule has 0 spiro atoms. The Bertz CT molecular complexity index is 235. The summed E-state index contributed by atoms with van der Waals surface area (Å²) < 4.78 is 0. The van der Waals surface area contributed by atoms with Crippen molar-refractivity contribution in [3.8, 4) is 0 Å². The fourth-order valence-electron chi connectivity index (χ4n) is 0.615. The minimum atomic E-state index is -0.853. The Balaban J connectivity index is 2.45. The molecule has 4 heteroatoms. The van der Waals surface area contributed by atoms with Crippen LogP contribution >= 0.6 is 0 Å². The SMILES string of the molecule is NC(=O)ONc1ccccc1. The number of carbonyl (C=O) groups excluding carboxylic acids is 1. The second-order valence-corrected chi connectivity index (χ2v) is 1.89. The van der Waals surface area contributed by atoms with Gasteiger partial charge in [-0.3, -0.25) is 0 Å². The van der Waals surface area contributed by atoms with E-state index in [-0.39, 0.29) is 0 Å². The van der Waals surface area contributed by atoms with Crippen LogP contribution in [0.4, 0.5) is 10.5 Å². The number of para-hydroxylation sites is 1. The van der Waals surface area contributed by atoms with Gasteiger partial charge in [0.2, 0.25) is 0 Å². The highest BCUT2D eigenvalue weighted by atomic mass is 16.7. The maximum Gasteiger partial charge on any atom is 0.428 e. The zero-order chi connectivity index (χ0) is 8.10. The van der Waals surface area contributed by atoms with Gasteiger partial charge in [-0.1, -0.05) is 18.2 Å². The minimum Gasteiger partial charge on any atom is -0.333 e. The maximum atomic E-state index is 10.1. The lowest BCUT2D eigenvalue weighted by atomic mass is 10.3. The van der Waals surface area contributed by atoms with E-state index < -0.39 is 6.09 Å². The molecule has 0 saturated carbocycles. The van der Waals surface area contributed by atoms with Crippen molar-refractivity contribution in [1.82, 2.24) is 0 Å². The van der Waals surface area contributed by atoms with Gasteiger partial charge in [-0.2, -0.15) is 0 Å². The molecule has 0 unspecified atom stereocenters. The van der Waals surface area contributed by atoms with Crippen LogP contribution < -0.4 is 11.2 Å². The van der Waals surface area contributed by atoms with Gasteiger partial charge in [0.05, 0.1) is 5.69 Å². The molecule has 3 N–H and O–H groups in total. The molecule has 4 nitrogen and oxygen atoms in total. The molecule has 1 amide bonds. The fourth-order valence-corrected chi connectivity index (χ4v) is 0.615. The summed E-state index contributed by atoms with van der Waals surface area (Å²) in [5, 5.41) is 0. The van der Waals surface area contributed by atoms with Crippen molar-refractivity contribution in [2.24, 2.45) is 5.73 Å². The van der Waals surface area contributed by atoms with Crippen LogP contribution in [-0.2, 0) is 4.84 Å². The Hall–Kier alpha value is -1.71. The van der Waals surface area contributed by atoms with E-state index in [4.69, 9.17) is 5.73 Å². The van der Waals surface area contributed by atoms with Crippen LogP contribution in [0.1, 0.15) is 0 Å². The number of amides is 1. The normalized spacial score (nSPS) is 8.73. The van der Waals surface area contributed by atoms with Gasteiger partial charge in [0.15, 0.2) is 0 Å². The van der Waals surface area contributed by atoms with Gasteiger partial charge in [-0.15, -0.1) is 0 Å². The number of benzene rings is 1. The van der Waals surface area contributed by atoms with Gasteiger partial charge in [-0.25, -0.2) is 10.3 Å². The Morgan fingerprint density at radius 1 is 1.36 bits per heavy atom. The first kappa shape index (κ1) is 7.40. The summed E-state index contributed by atoms with van der Waals surface area (Å²) in [6.07, 6.45) is -0.853. The molecule has 0 fully saturated rings. The molecule has 1 aromatic carbocycles. The quantitative estimate of drug-likeness (QED) is 0.624. The van der Waals surface area contributed by atoms with E-state index in [9.17, 15) is 4.79 Å². The summed E-state index contributed by atoms with van der Waals surface area (Å²) >= 11 is 0. The lowest BCUT2D eigenvalue weighted by molar-refractivity contribution is 0.180. The summed E-state index contributed by atoms with van der Waals surface area (Å²) in [5.74, 6) is 0. The molecule has 0 bridgehead atoms. The Kier molecular flexibility index (Phi) is 2.32. The number of anilines is 1. The topological polar surface area (TPSA) is 64.4 Å². The second-order valence-electron chi connectivity index (χ2n) is 1.89. The molecule has 11 heavy (non-hydrogen) atoms. The molecule has 58 valence electrons. The van der Waals surface area contributed by atoms with Crippen LogP contribution in [-0.4, -0.2) is 6.09 Å². The number of nitrogens with two attached hydrogens (primary N) is 1. The van der Waals surface area contributed by atoms with E-state index in [0.29, 0.717) is 5.69 Å². The molecular formula is C7H8N2O2. The van der Waals surface area contributed by atoms with E-state index in [1.807, 2.05) is 18.2 Å². The second kappa shape index (κ2) is 3.46. The van der Waals surface area contributed by atoms with Crippen LogP contribution in [0.5, 0.6) is 0 Å². The zero-order valence-corrected chi connectivity index (χ0v) is 5.78. The van der Waals surface area contributed by atoms with E-state index >= 15 is 0 Å². The number of hydrogen-bond acceptors (Lipinski definition) is 3. The molecular weight excluding hydrogens is 144 g/mol. The van der Waals surface area contributed by atoms with Crippen molar-refractivity contribution in [1.29, 1.82) is 0 Å². The summed E-state index contributed by atoms with van der Waals surface area (Å²) in [7, 11) is 0. The predicted octanol–water partition coefficient (Wildman–Crippen LogP) is 1.11. The molecule has 0 aliphatic carbocycles. The smallest absolute Gasteiger partial charge is 0.333 e. The number of carbonyl (C=O) groups is 1. The number of rotatable bonds is 2. The highest BCUT2D eigenvalue weighted by Crippen LogP contribution is 2.03. The summed E-state index contributed by atoms with van der Waals surface area (Å²) in [6.45, 7) is 0. The van der Waals surface area contributed by atoms with Crippen LogP contribution in [0, 0.1) is 0 Å². The highest BCUT2D eigenvalue weighted by Gasteiger charge is 1.91. The van der Waals surface area contributed by atoms with Gasteiger partial charge in [0.1, 0.15) is 0 Å². The van der Waals surface area contributed by atoms with Crippen LogP contribution in [0.25, 0.3) is 0 Å². The van der Waals surface area contributed by atoms with Crippen LogP contribution in [0.2, 0.25) is 0 Å². The van der Waals surface area contributed by atoms with E-state index in [1.54, 1.807) is 12.1 Å². The molecule has 0 atom stereocenters. The largest absolute Gasteiger partial charge is 0.428 e. The molecule has 0 radical (unpaired) electrons. The Labute approximate surface area is 63.9 Å². The molecule has 0 saturated heterocycles. The van der Waals surface area contributed by atoms with Gasteiger partial charge in [0.25, 0.3) is 0 Å². The first-order valence-corrected chi connectivity index (χ1v) is 3.06. The fraction of sp³-hybridized carbons (Fsp3) is 0. The summed E-state index contributed by atoms with van der Waals surface area (Å²) in [4.78, 5) is 14.4. The van der Waals surface area contributed by atoms with Crippen LogP contribution in [0.15, 0.2) is 30.3 Å². The Morgan fingerprint density at radius 2 is 2.00 bits per heavy atom. The van der Waals surface area contributed by atoms with Gasteiger partial charge >= 0.3 is 6.09 Å². The minimum absolute atomic E-state index is 0.686. The third-order valence-electron chi connectivity index (χ3n) is 1.04. The Morgan fingerprint density at radius 3 is 2.55 bits per heavy atom. The number of primary amides is 1. The molecule has 0 aromatic heterocycles. The zero-order valence-electron chi connectivity index (χ0n) is 5.78. The van der Waals surface area contributed by atoms with Gasteiger partial charge < -0.3 is 10.6 Å². The lowest BCUT2D eigenvalue weighted by Gasteiger charge is -2.02. The van der Waals surface area contributed by atoms with Crippen molar-refractivity contribution < 1.29 is 9.63 Å². The summed E-state index contributed by atoms with van der Waals surface area (Å²) in [5.41, 5.74) is 7.77. The average Bonchev–Trinajstić information content (AvgIpc) is 2.03. The predicted molar refractivity (Wildman–Crippen MR) is 40.7 cm³/mol. The third kappa shape index (κ3) is 2.57. The van der Waals surface area contributed by atoms with Crippen molar-refractivity contribution >= 4 is 11.8 Å². The summed E-state index contributed by atoms with van der Waals surface area (Å²) in [6, 6.07) is 8.99. The van der Waals surface area contributed by atoms with Gasteiger partial charge in [0, 0.05) is 0 Å². The standard InChI is InChI=1S/C7H8N2O2/c8-7(10)11-9-6-4-2-1-3-5-6/h1-5,9H,(H2,8,10). The number of nitrogens with one attached hydrogen (secondary N) is 1. The maximum absolute atomic E-state index is 10.1. The first-order chi connectivity index (χ1) is 5.29. The van der Waals surface area contributed by atoms with E-state index in [1.165, 1.54) is 0 Å². The molecule has 0 heterocycles. The van der Waals surface area contributed by atoms with Crippen molar-refractivity contribution in [2.75, 3.05) is 5.48 Å². The van der Waals surface area contributed by atoms with E-state index in [0.717, 1.165) is 0 Å². The van der Waals surface area contributed by atoms with Crippen molar-refractivity contribution in [2.45, 2.75) is 0 Å². The van der Waals surface area contributed by atoms with Crippen LogP contribution in [0.3, 0.4) is 0 Å². The van der Waals surface area contributed by atoms with Crippen molar-refractivity contribution in [3.63, 3.8) is 0 Å². The average molecular weight is 152 g/mol. The lowest BCUT2D eigenvalue weighted by Crippen LogP contribution is -2.16. The van der Waals surface area contributed by atoms with Crippen molar-refractivity contribution in [3.05, 3.63) is 30.3 Å². The molecule has 0 aliphatic heterocycles. The highest BCUT2D eigenvalue weighted by molar-refractivity contribution is 5.65. The monoisotopic (exact) mass is 152 g/mol. The molecule has 0 aliphatic rings. The first-order valence-electron chi connectivity index (χ1n) is 3.06. The van der Waals surface area contributed by atoms with Gasteiger partial charge in [-0.05, 0) is 12.1 Å². The molecule has 1 aromatic rings.